The second-order valence-electron chi connectivity index (χ2n) is 4.44. The lowest BCUT2D eigenvalue weighted by Gasteiger charge is -2.36. The minimum absolute atomic E-state index is 0.276. The molecule has 0 spiro atoms. The average Bonchev–Trinajstić information content (AvgIpc) is 2.13. The summed E-state index contributed by atoms with van der Waals surface area (Å²) in [5.74, 6) is 0. The number of hydrogen-bond acceptors (Lipinski definition) is 4. The van der Waals surface area contributed by atoms with Crippen LogP contribution in [0, 0.1) is 0 Å². The summed E-state index contributed by atoms with van der Waals surface area (Å²) in [5, 5.41) is 12.9. The van der Waals surface area contributed by atoms with Gasteiger partial charge >= 0.3 is 0 Å². The van der Waals surface area contributed by atoms with Gasteiger partial charge in [-0.1, -0.05) is 6.92 Å². The lowest BCUT2D eigenvalue weighted by atomic mass is 10.2. The molecule has 3 atom stereocenters. The number of aliphatic hydroxyl groups is 1. The Morgan fingerprint density at radius 3 is 2.53 bits per heavy atom. The van der Waals surface area contributed by atoms with E-state index in [1.807, 2.05) is 6.92 Å². The van der Waals surface area contributed by atoms with Gasteiger partial charge in [-0.3, -0.25) is 4.90 Å². The van der Waals surface area contributed by atoms with E-state index in [1.54, 1.807) is 0 Å². The Balaban J connectivity index is 2.24. The highest BCUT2D eigenvalue weighted by Crippen LogP contribution is 2.10. The predicted octanol–water partition coefficient (Wildman–Crippen LogP) is 0.0660. The van der Waals surface area contributed by atoms with Crippen molar-refractivity contribution >= 4 is 0 Å². The van der Waals surface area contributed by atoms with Gasteiger partial charge in [0.25, 0.3) is 0 Å². The molecule has 1 aliphatic heterocycles. The van der Waals surface area contributed by atoms with Crippen LogP contribution in [-0.2, 0) is 4.74 Å². The van der Waals surface area contributed by atoms with Crippen LogP contribution in [0.25, 0.3) is 0 Å². The maximum absolute atomic E-state index is 9.76. The lowest BCUT2D eigenvalue weighted by molar-refractivity contribution is -0.0761. The largest absolute Gasteiger partial charge is 0.390 e. The van der Waals surface area contributed by atoms with Crippen LogP contribution in [0.1, 0.15) is 20.8 Å². The molecule has 1 unspecified atom stereocenters. The van der Waals surface area contributed by atoms with Crippen molar-refractivity contribution in [3.63, 3.8) is 0 Å². The highest BCUT2D eigenvalue weighted by Gasteiger charge is 2.23. The molecule has 15 heavy (non-hydrogen) atoms. The molecule has 1 rings (SSSR count). The van der Waals surface area contributed by atoms with Crippen molar-refractivity contribution in [3.05, 3.63) is 0 Å². The van der Waals surface area contributed by atoms with E-state index in [-0.39, 0.29) is 18.3 Å². The first-order chi connectivity index (χ1) is 7.11. The van der Waals surface area contributed by atoms with E-state index in [2.05, 4.69) is 24.1 Å². The van der Waals surface area contributed by atoms with Gasteiger partial charge in [-0.15, -0.1) is 0 Å². The summed E-state index contributed by atoms with van der Waals surface area (Å²) < 4.78 is 5.64. The molecule has 0 aromatic carbocycles. The molecule has 4 nitrogen and oxygen atoms in total. The van der Waals surface area contributed by atoms with Crippen LogP contribution in [0.2, 0.25) is 0 Å². The van der Waals surface area contributed by atoms with Gasteiger partial charge in [-0.05, 0) is 20.4 Å². The zero-order valence-corrected chi connectivity index (χ0v) is 10.1. The summed E-state index contributed by atoms with van der Waals surface area (Å²) in [5.41, 5.74) is 0. The van der Waals surface area contributed by atoms with Gasteiger partial charge in [0.1, 0.15) is 0 Å². The molecule has 0 aliphatic carbocycles. The SMILES string of the molecule is CCNCC(O)CN1C[C@@H](C)O[C@@H](C)C1. The van der Waals surface area contributed by atoms with Crippen molar-refractivity contribution in [2.24, 2.45) is 0 Å². The van der Waals surface area contributed by atoms with E-state index >= 15 is 0 Å². The third-order valence-electron chi connectivity index (χ3n) is 2.59. The molecule has 0 aromatic rings. The lowest BCUT2D eigenvalue weighted by Crippen LogP contribution is -2.49. The fourth-order valence-corrected chi connectivity index (χ4v) is 2.11. The Kier molecular flexibility index (Phi) is 5.53. The summed E-state index contributed by atoms with van der Waals surface area (Å²) in [6.07, 6.45) is 0.280. The molecule has 0 radical (unpaired) electrons. The van der Waals surface area contributed by atoms with Crippen molar-refractivity contribution in [1.29, 1.82) is 0 Å². The molecule has 1 aliphatic rings. The Labute approximate surface area is 92.6 Å². The predicted molar refractivity (Wildman–Crippen MR) is 61.0 cm³/mol. The van der Waals surface area contributed by atoms with Gasteiger partial charge in [0, 0.05) is 26.2 Å². The fourth-order valence-electron chi connectivity index (χ4n) is 2.11. The molecule has 0 saturated carbocycles. The van der Waals surface area contributed by atoms with E-state index in [9.17, 15) is 5.11 Å². The minimum Gasteiger partial charge on any atom is -0.390 e. The normalized spacial score (nSPS) is 30.4. The maximum Gasteiger partial charge on any atom is 0.0791 e. The first-order valence-corrected chi connectivity index (χ1v) is 5.88. The molecule has 1 heterocycles. The van der Waals surface area contributed by atoms with E-state index in [0.717, 1.165) is 26.2 Å². The number of ether oxygens (including phenoxy) is 1. The Morgan fingerprint density at radius 1 is 1.40 bits per heavy atom. The van der Waals surface area contributed by atoms with E-state index in [4.69, 9.17) is 4.74 Å². The van der Waals surface area contributed by atoms with Crippen LogP contribution in [-0.4, -0.2) is 61.0 Å². The summed E-state index contributed by atoms with van der Waals surface area (Å²) in [7, 11) is 0. The van der Waals surface area contributed by atoms with Crippen molar-refractivity contribution < 1.29 is 9.84 Å². The first-order valence-electron chi connectivity index (χ1n) is 5.88. The van der Waals surface area contributed by atoms with Crippen LogP contribution in [0.3, 0.4) is 0 Å². The molecule has 4 heteroatoms. The van der Waals surface area contributed by atoms with Crippen molar-refractivity contribution in [2.45, 2.75) is 39.1 Å². The standard InChI is InChI=1S/C11H24N2O2/c1-4-12-5-11(14)8-13-6-9(2)15-10(3)7-13/h9-12,14H,4-8H2,1-3H3/t9-,10+,11?. The summed E-state index contributed by atoms with van der Waals surface area (Å²) >= 11 is 0. The van der Waals surface area contributed by atoms with Gasteiger partial charge in [-0.25, -0.2) is 0 Å². The zero-order chi connectivity index (χ0) is 11.3. The monoisotopic (exact) mass is 216 g/mol. The number of β-amino-alcohol motifs (C(OH)–C–C–N with tert-alkyl or cyclic N) is 1. The number of nitrogens with zero attached hydrogens (tertiary/aromatic N) is 1. The Morgan fingerprint density at radius 2 is 2.00 bits per heavy atom. The van der Waals surface area contributed by atoms with E-state index in [0.29, 0.717) is 6.54 Å². The molecule has 1 saturated heterocycles. The van der Waals surface area contributed by atoms with Crippen LogP contribution in [0.15, 0.2) is 0 Å². The number of hydrogen-bond donors (Lipinski definition) is 2. The van der Waals surface area contributed by atoms with Crippen LogP contribution in [0.5, 0.6) is 0 Å². The van der Waals surface area contributed by atoms with Gasteiger partial charge in [0.2, 0.25) is 0 Å². The van der Waals surface area contributed by atoms with E-state index < -0.39 is 0 Å². The first kappa shape index (κ1) is 12.9. The summed E-state index contributed by atoms with van der Waals surface area (Å²) in [4.78, 5) is 2.28. The topological polar surface area (TPSA) is 44.7 Å². The second-order valence-corrected chi connectivity index (χ2v) is 4.44. The van der Waals surface area contributed by atoms with Crippen molar-refractivity contribution in [1.82, 2.24) is 10.2 Å². The van der Waals surface area contributed by atoms with Crippen LogP contribution < -0.4 is 5.32 Å². The summed E-state index contributed by atoms with van der Waals surface area (Å²) in [6.45, 7) is 10.4. The number of nitrogens with one attached hydrogen (secondary N) is 1. The number of rotatable bonds is 5. The number of morpholine rings is 1. The molecular weight excluding hydrogens is 192 g/mol. The second kappa shape index (κ2) is 6.43. The van der Waals surface area contributed by atoms with Crippen molar-refractivity contribution in [2.75, 3.05) is 32.7 Å². The Bertz CT molecular complexity index is 168. The van der Waals surface area contributed by atoms with Gasteiger partial charge in [0.05, 0.1) is 18.3 Å². The van der Waals surface area contributed by atoms with Gasteiger partial charge < -0.3 is 15.2 Å². The van der Waals surface area contributed by atoms with E-state index in [1.165, 1.54) is 0 Å². The van der Waals surface area contributed by atoms with Crippen LogP contribution in [0.4, 0.5) is 0 Å². The molecule has 2 N–H and O–H groups in total. The molecule has 0 aromatic heterocycles. The number of likely N-dealkylation sites (N-methyl/N-ethyl adjacent to an activating group) is 1. The maximum atomic E-state index is 9.76. The minimum atomic E-state index is -0.276. The average molecular weight is 216 g/mol. The molecule has 90 valence electrons. The summed E-state index contributed by atoms with van der Waals surface area (Å²) in [6, 6.07) is 0. The smallest absolute Gasteiger partial charge is 0.0791 e. The van der Waals surface area contributed by atoms with Gasteiger partial charge in [-0.2, -0.15) is 0 Å². The fraction of sp³-hybridized carbons (Fsp3) is 1.00. The Hall–Kier alpha value is -0.160. The van der Waals surface area contributed by atoms with Crippen LogP contribution >= 0.6 is 0 Å². The highest BCUT2D eigenvalue weighted by atomic mass is 16.5. The zero-order valence-electron chi connectivity index (χ0n) is 10.1. The third kappa shape index (κ3) is 4.93. The molecule has 0 amide bonds. The van der Waals surface area contributed by atoms with Crippen molar-refractivity contribution in [3.8, 4) is 0 Å². The van der Waals surface area contributed by atoms with Gasteiger partial charge in [0.15, 0.2) is 0 Å². The highest BCUT2D eigenvalue weighted by molar-refractivity contribution is 4.75. The molecule has 0 bridgehead atoms. The molecular formula is C11H24N2O2. The molecule has 1 fully saturated rings. The number of aliphatic hydroxyl groups excluding tert-OH is 1. The quantitative estimate of drug-likeness (QED) is 0.682. The third-order valence-corrected chi connectivity index (χ3v) is 2.59.